The molecule has 0 radical (unpaired) electrons. The van der Waals surface area contributed by atoms with Crippen LogP contribution in [-0.4, -0.2) is 26.4 Å². The summed E-state index contributed by atoms with van der Waals surface area (Å²) in [5, 5.41) is 4.11. The van der Waals surface area contributed by atoms with Crippen molar-refractivity contribution < 1.29 is 9.47 Å². The Hall–Kier alpha value is -0.770. The van der Waals surface area contributed by atoms with Gasteiger partial charge in [0.1, 0.15) is 12.4 Å². The second-order valence-electron chi connectivity index (χ2n) is 4.78. The van der Waals surface area contributed by atoms with Gasteiger partial charge in [-0.3, -0.25) is 0 Å². The Balaban J connectivity index is 2.51. The molecule has 0 saturated heterocycles. The Morgan fingerprint density at radius 1 is 1.20 bits per heavy atom. The number of hydrogen-bond acceptors (Lipinski definition) is 3. The van der Waals surface area contributed by atoms with Crippen LogP contribution in [0.3, 0.4) is 0 Å². The summed E-state index contributed by atoms with van der Waals surface area (Å²) in [5.74, 6) is 0.877. The van der Waals surface area contributed by atoms with Crippen molar-refractivity contribution in [3.63, 3.8) is 0 Å². The van der Waals surface area contributed by atoms with Crippen molar-refractivity contribution in [3.05, 3.63) is 28.8 Å². The van der Waals surface area contributed by atoms with Crippen LogP contribution in [0.5, 0.6) is 5.75 Å². The molecule has 1 unspecified atom stereocenters. The van der Waals surface area contributed by atoms with Gasteiger partial charge in [-0.05, 0) is 38.1 Å². The zero-order valence-electron chi connectivity index (χ0n) is 12.7. The van der Waals surface area contributed by atoms with Gasteiger partial charge in [0.05, 0.1) is 6.61 Å². The summed E-state index contributed by atoms with van der Waals surface area (Å²) >= 11 is 6.07. The Labute approximate surface area is 127 Å². The summed E-state index contributed by atoms with van der Waals surface area (Å²) in [6.07, 6.45) is 2.26. The number of nitrogens with one attached hydrogen (secondary N) is 1. The molecular formula is C16H26ClNO2. The molecule has 0 aliphatic rings. The number of benzene rings is 1. The maximum Gasteiger partial charge on any atom is 0.124 e. The molecule has 0 aromatic heterocycles. The van der Waals surface area contributed by atoms with Crippen LogP contribution < -0.4 is 10.1 Å². The SMILES string of the molecule is CCCCOCCOc1ccc(Cl)cc1C(C)NCC. The molecule has 20 heavy (non-hydrogen) atoms. The summed E-state index contributed by atoms with van der Waals surface area (Å²) < 4.78 is 11.3. The highest BCUT2D eigenvalue weighted by Gasteiger charge is 2.11. The van der Waals surface area contributed by atoms with E-state index in [2.05, 4.69) is 26.1 Å². The summed E-state index contributed by atoms with van der Waals surface area (Å²) in [6.45, 7) is 9.26. The van der Waals surface area contributed by atoms with Gasteiger partial charge in [0.25, 0.3) is 0 Å². The molecule has 1 aromatic carbocycles. The average Bonchev–Trinajstić information content (AvgIpc) is 2.44. The first-order valence-electron chi connectivity index (χ1n) is 7.42. The highest BCUT2D eigenvalue weighted by molar-refractivity contribution is 6.30. The van der Waals surface area contributed by atoms with Crippen molar-refractivity contribution in [3.8, 4) is 5.75 Å². The van der Waals surface area contributed by atoms with Crippen molar-refractivity contribution in [1.29, 1.82) is 0 Å². The Kier molecular flexibility index (Phi) is 8.67. The molecular weight excluding hydrogens is 274 g/mol. The molecule has 3 nitrogen and oxygen atoms in total. The first kappa shape index (κ1) is 17.3. The second-order valence-corrected chi connectivity index (χ2v) is 5.21. The van der Waals surface area contributed by atoms with E-state index in [0.29, 0.717) is 13.2 Å². The molecule has 4 heteroatoms. The average molecular weight is 300 g/mol. The molecule has 1 atom stereocenters. The van der Waals surface area contributed by atoms with Gasteiger partial charge in [-0.1, -0.05) is 31.9 Å². The number of hydrogen-bond donors (Lipinski definition) is 1. The third kappa shape index (κ3) is 6.12. The fourth-order valence-electron chi connectivity index (χ4n) is 1.96. The maximum atomic E-state index is 6.07. The van der Waals surface area contributed by atoms with Crippen LogP contribution in [0.1, 0.15) is 45.2 Å². The maximum absolute atomic E-state index is 6.07. The first-order chi connectivity index (χ1) is 9.69. The molecule has 1 aromatic rings. The van der Waals surface area contributed by atoms with E-state index >= 15 is 0 Å². The van der Waals surface area contributed by atoms with Crippen molar-refractivity contribution in [2.24, 2.45) is 0 Å². The van der Waals surface area contributed by atoms with Gasteiger partial charge in [-0.2, -0.15) is 0 Å². The van der Waals surface area contributed by atoms with E-state index in [1.165, 1.54) is 0 Å². The molecule has 0 heterocycles. The van der Waals surface area contributed by atoms with Crippen LogP contribution >= 0.6 is 11.6 Å². The van der Waals surface area contributed by atoms with E-state index in [0.717, 1.165) is 42.3 Å². The molecule has 0 spiro atoms. The Morgan fingerprint density at radius 3 is 2.70 bits per heavy atom. The van der Waals surface area contributed by atoms with Crippen molar-refractivity contribution >= 4 is 11.6 Å². The van der Waals surface area contributed by atoms with Gasteiger partial charge in [-0.25, -0.2) is 0 Å². The third-order valence-corrected chi connectivity index (χ3v) is 3.31. The predicted octanol–water partition coefficient (Wildman–Crippen LogP) is 4.21. The van der Waals surface area contributed by atoms with E-state index in [-0.39, 0.29) is 6.04 Å². The van der Waals surface area contributed by atoms with Crippen LogP contribution in [0, 0.1) is 0 Å². The zero-order valence-corrected chi connectivity index (χ0v) is 13.5. The zero-order chi connectivity index (χ0) is 14.8. The van der Waals surface area contributed by atoms with Gasteiger partial charge in [0.15, 0.2) is 0 Å². The number of unbranched alkanes of at least 4 members (excludes halogenated alkanes) is 1. The molecule has 1 N–H and O–H groups in total. The summed E-state index contributed by atoms with van der Waals surface area (Å²) in [6, 6.07) is 5.96. The van der Waals surface area contributed by atoms with Gasteiger partial charge in [0.2, 0.25) is 0 Å². The summed E-state index contributed by atoms with van der Waals surface area (Å²) in [5.41, 5.74) is 1.09. The lowest BCUT2D eigenvalue weighted by Crippen LogP contribution is -2.19. The fraction of sp³-hybridized carbons (Fsp3) is 0.625. The number of ether oxygens (including phenoxy) is 2. The highest BCUT2D eigenvalue weighted by atomic mass is 35.5. The van der Waals surface area contributed by atoms with Crippen molar-refractivity contribution in [1.82, 2.24) is 5.32 Å². The second kappa shape index (κ2) is 10.0. The minimum absolute atomic E-state index is 0.217. The fourth-order valence-corrected chi connectivity index (χ4v) is 2.14. The first-order valence-corrected chi connectivity index (χ1v) is 7.80. The number of rotatable bonds is 10. The minimum atomic E-state index is 0.217. The topological polar surface area (TPSA) is 30.5 Å². The van der Waals surface area contributed by atoms with Crippen LogP contribution in [0.2, 0.25) is 5.02 Å². The Bertz CT molecular complexity index is 385. The largest absolute Gasteiger partial charge is 0.491 e. The smallest absolute Gasteiger partial charge is 0.124 e. The van der Waals surface area contributed by atoms with E-state index in [1.807, 2.05) is 18.2 Å². The molecule has 0 aliphatic carbocycles. The molecule has 0 amide bonds. The minimum Gasteiger partial charge on any atom is -0.491 e. The van der Waals surface area contributed by atoms with Crippen LogP contribution in [-0.2, 0) is 4.74 Å². The van der Waals surface area contributed by atoms with Crippen LogP contribution in [0.25, 0.3) is 0 Å². The normalized spacial score (nSPS) is 12.4. The van der Waals surface area contributed by atoms with E-state index < -0.39 is 0 Å². The van der Waals surface area contributed by atoms with E-state index in [4.69, 9.17) is 21.1 Å². The quantitative estimate of drug-likeness (QED) is 0.657. The van der Waals surface area contributed by atoms with Gasteiger partial charge >= 0.3 is 0 Å². The number of halogens is 1. The Morgan fingerprint density at radius 2 is 2.00 bits per heavy atom. The molecule has 1 rings (SSSR count). The monoisotopic (exact) mass is 299 g/mol. The van der Waals surface area contributed by atoms with E-state index in [1.54, 1.807) is 0 Å². The van der Waals surface area contributed by atoms with Crippen LogP contribution in [0.4, 0.5) is 0 Å². The molecule has 0 saturated carbocycles. The van der Waals surface area contributed by atoms with Gasteiger partial charge in [-0.15, -0.1) is 0 Å². The third-order valence-electron chi connectivity index (χ3n) is 3.08. The standard InChI is InChI=1S/C16H26ClNO2/c1-4-6-9-19-10-11-20-16-8-7-14(17)12-15(16)13(3)18-5-2/h7-8,12-13,18H,4-6,9-11H2,1-3H3. The molecule has 114 valence electrons. The molecule has 0 fully saturated rings. The molecule has 0 bridgehead atoms. The van der Waals surface area contributed by atoms with Gasteiger partial charge in [0, 0.05) is 23.2 Å². The summed E-state index contributed by atoms with van der Waals surface area (Å²) in [4.78, 5) is 0. The lowest BCUT2D eigenvalue weighted by atomic mass is 10.1. The summed E-state index contributed by atoms with van der Waals surface area (Å²) in [7, 11) is 0. The van der Waals surface area contributed by atoms with Crippen molar-refractivity contribution in [2.45, 2.75) is 39.7 Å². The lowest BCUT2D eigenvalue weighted by Gasteiger charge is -2.18. The van der Waals surface area contributed by atoms with Gasteiger partial charge < -0.3 is 14.8 Å². The lowest BCUT2D eigenvalue weighted by molar-refractivity contribution is 0.0975. The molecule has 0 aliphatic heterocycles. The van der Waals surface area contributed by atoms with Crippen LogP contribution in [0.15, 0.2) is 18.2 Å². The predicted molar refractivity (Wildman–Crippen MR) is 84.8 cm³/mol. The highest BCUT2D eigenvalue weighted by Crippen LogP contribution is 2.28. The van der Waals surface area contributed by atoms with E-state index in [9.17, 15) is 0 Å². The van der Waals surface area contributed by atoms with Crippen molar-refractivity contribution in [2.75, 3.05) is 26.4 Å².